The molecule has 6 nitrogen and oxygen atoms in total. The average Bonchev–Trinajstić information content (AvgIpc) is 2.46. The summed E-state index contributed by atoms with van der Waals surface area (Å²) in [4.78, 5) is 23.8. The lowest BCUT2D eigenvalue weighted by molar-refractivity contribution is -0.143. The molecule has 104 valence electrons. The number of carboxylic acid groups (broad SMARTS) is 1. The van der Waals surface area contributed by atoms with Gasteiger partial charge in [-0.1, -0.05) is 13.3 Å². The Morgan fingerprint density at radius 1 is 1.37 bits per heavy atom. The fourth-order valence-corrected chi connectivity index (χ4v) is 2.45. The maximum atomic E-state index is 11.3. The van der Waals surface area contributed by atoms with Gasteiger partial charge in [0, 0.05) is 38.6 Å². The van der Waals surface area contributed by atoms with E-state index in [2.05, 4.69) is 19.8 Å². The molecule has 1 N–H and O–H groups in total. The topological polar surface area (TPSA) is 69.6 Å². The number of rotatable bonds is 5. The van der Waals surface area contributed by atoms with Crippen LogP contribution < -0.4 is 4.90 Å². The average molecular weight is 264 g/mol. The molecule has 1 aromatic heterocycles. The van der Waals surface area contributed by atoms with Gasteiger partial charge in [0.1, 0.15) is 11.9 Å². The number of piperazine rings is 1. The first-order valence-electron chi connectivity index (χ1n) is 6.70. The molecule has 1 atom stereocenters. The Morgan fingerprint density at radius 2 is 2.11 bits per heavy atom. The molecule has 0 amide bonds. The molecule has 2 heterocycles. The second-order valence-corrected chi connectivity index (χ2v) is 4.73. The molecule has 1 aliphatic heterocycles. The minimum Gasteiger partial charge on any atom is -0.480 e. The van der Waals surface area contributed by atoms with Crippen molar-refractivity contribution in [2.45, 2.75) is 25.8 Å². The second-order valence-electron chi connectivity index (χ2n) is 4.73. The van der Waals surface area contributed by atoms with Gasteiger partial charge in [0.15, 0.2) is 0 Å². The first kappa shape index (κ1) is 13.7. The zero-order chi connectivity index (χ0) is 13.7. The smallest absolute Gasteiger partial charge is 0.320 e. The van der Waals surface area contributed by atoms with Gasteiger partial charge in [-0.2, -0.15) is 0 Å². The lowest BCUT2D eigenvalue weighted by atomic mass is 10.1. The number of carboxylic acids is 1. The highest BCUT2D eigenvalue weighted by atomic mass is 16.4. The molecule has 1 fully saturated rings. The quantitative estimate of drug-likeness (QED) is 0.850. The largest absolute Gasteiger partial charge is 0.480 e. The third-order valence-corrected chi connectivity index (χ3v) is 3.48. The summed E-state index contributed by atoms with van der Waals surface area (Å²) < 4.78 is 0. The van der Waals surface area contributed by atoms with Crippen molar-refractivity contribution in [3.05, 3.63) is 18.6 Å². The molecule has 0 bridgehead atoms. The van der Waals surface area contributed by atoms with Crippen LogP contribution in [0.2, 0.25) is 0 Å². The molecule has 1 aliphatic rings. The fourth-order valence-electron chi connectivity index (χ4n) is 2.45. The molecule has 19 heavy (non-hydrogen) atoms. The van der Waals surface area contributed by atoms with E-state index in [1.54, 1.807) is 18.6 Å². The number of carbonyl (C=O) groups is 1. The Kier molecular flexibility index (Phi) is 4.68. The first-order valence-corrected chi connectivity index (χ1v) is 6.70. The second kappa shape index (κ2) is 6.47. The Balaban J connectivity index is 1.93. The van der Waals surface area contributed by atoms with Crippen molar-refractivity contribution in [3.8, 4) is 0 Å². The van der Waals surface area contributed by atoms with Gasteiger partial charge < -0.3 is 10.0 Å². The van der Waals surface area contributed by atoms with Gasteiger partial charge in [-0.25, -0.2) is 4.98 Å². The van der Waals surface area contributed by atoms with Gasteiger partial charge in [0.2, 0.25) is 0 Å². The van der Waals surface area contributed by atoms with Gasteiger partial charge >= 0.3 is 5.97 Å². The Morgan fingerprint density at radius 3 is 2.63 bits per heavy atom. The third-order valence-electron chi connectivity index (χ3n) is 3.48. The van der Waals surface area contributed by atoms with E-state index in [0.29, 0.717) is 6.42 Å². The van der Waals surface area contributed by atoms with Crippen LogP contribution in [0.3, 0.4) is 0 Å². The fraction of sp³-hybridized carbons (Fsp3) is 0.615. The number of nitrogens with zero attached hydrogens (tertiary/aromatic N) is 4. The van der Waals surface area contributed by atoms with E-state index >= 15 is 0 Å². The number of hydrogen-bond donors (Lipinski definition) is 1. The summed E-state index contributed by atoms with van der Waals surface area (Å²) in [6, 6.07) is -0.353. The molecule has 1 aromatic rings. The summed E-state index contributed by atoms with van der Waals surface area (Å²) in [7, 11) is 0. The monoisotopic (exact) mass is 264 g/mol. The van der Waals surface area contributed by atoms with E-state index in [1.807, 2.05) is 6.92 Å². The molecule has 0 radical (unpaired) electrons. The van der Waals surface area contributed by atoms with Crippen molar-refractivity contribution in [1.82, 2.24) is 14.9 Å². The predicted octanol–water partition coefficient (Wildman–Crippen LogP) is 0.852. The van der Waals surface area contributed by atoms with Crippen molar-refractivity contribution in [3.63, 3.8) is 0 Å². The minimum atomic E-state index is -0.713. The molecule has 0 aromatic carbocycles. The molecule has 0 aliphatic carbocycles. The summed E-state index contributed by atoms with van der Waals surface area (Å²) >= 11 is 0. The molecule has 6 heteroatoms. The maximum absolute atomic E-state index is 11.3. The van der Waals surface area contributed by atoms with Crippen LogP contribution in [0, 0.1) is 0 Å². The lowest BCUT2D eigenvalue weighted by Crippen LogP contribution is -2.52. The van der Waals surface area contributed by atoms with E-state index in [4.69, 9.17) is 0 Å². The predicted molar refractivity (Wildman–Crippen MR) is 72.1 cm³/mol. The van der Waals surface area contributed by atoms with E-state index < -0.39 is 5.97 Å². The zero-order valence-corrected chi connectivity index (χ0v) is 11.2. The highest BCUT2D eigenvalue weighted by Gasteiger charge is 2.28. The third kappa shape index (κ3) is 3.41. The van der Waals surface area contributed by atoms with Crippen LogP contribution in [-0.4, -0.2) is 58.2 Å². The van der Waals surface area contributed by atoms with E-state index in [-0.39, 0.29) is 6.04 Å². The Hall–Kier alpha value is -1.69. The van der Waals surface area contributed by atoms with E-state index in [9.17, 15) is 9.90 Å². The van der Waals surface area contributed by atoms with Crippen LogP contribution in [0.4, 0.5) is 5.82 Å². The molecule has 2 rings (SSSR count). The summed E-state index contributed by atoms with van der Waals surface area (Å²) in [6.45, 7) is 5.13. The van der Waals surface area contributed by atoms with Crippen LogP contribution in [0.25, 0.3) is 0 Å². The van der Waals surface area contributed by atoms with Crippen molar-refractivity contribution in [2.24, 2.45) is 0 Å². The van der Waals surface area contributed by atoms with Crippen LogP contribution in [0.15, 0.2) is 18.6 Å². The van der Waals surface area contributed by atoms with Crippen molar-refractivity contribution < 1.29 is 9.90 Å². The van der Waals surface area contributed by atoms with Crippen LogP contribution in [0.5, 0.6) is 0 Å². The summed E-state index contributed by atoms with van der Waals surface area (Å²) in [5.74, 6) is 0.152. The van der Waals surface area contributed by atoms with Gasteiger partial charge in [-0.15, -0.1) is 0 Å². The number of hydrogen-bond acceptors (Lipinski definition) is 5. The highest BCUT2D eigenvalue weighted by Crippen LogP contribution is 2.15. The Labute approximate surface area is 113 Å². The SMILES string of the molecule is CCCC(C(=O)O)N1CCN(c2cnccn2)CC1. The van der Waals surface area contributed by atoms with Crippen LogP contribution >= 0.6 is 0 Å². The molecule has 0 saturated carbocycles. The van der Waals surface area contributed by atoms with Crippen LogP contribution in [-0.2, 0) is 4.79 Å². The van der Waals surface area contributed by atoms with E-state index in [1.165, 1.54) is 0 Å². The Bertz CT molecular complexity index is 404. The molecular weight excluding hydrogens is 244 g/mol. The van der Waals surface area contributed by atoms with Gasteiger partial charge in [-0.05, 0) is 6.42 Å². The number of aliphatic carboxylic acids is 1. The molecular formula is C13H20N4O2. The van der Waals surface area contributed by atoms with E-state index in [0.717, 1.165) is 38.4 Å². The molecule has 1 saturated heterocycles. The standard InChI is InChI=1S/C13H20N4O2/c1-2-3-11(13(18)19)16-6-8-17(9-7-16)12-10-14-4-5-15-12/h4-5,10-11H,2-3,6-9H2,1H3,(H,18,19). The van der Waals surface area contributed by atoms with Gasteiger partial charge in [-0.3, -0.25) is 14.7 Å². The molecule has 0 spiro atoms. The summed E-state index contributed by atoms with van der Waals surface area (Å²) in [6.07, 6.45) is 6.68. The summed E-state index contributed by atoms with van der Waals surface area (Å²) in [5, 5.41) is 9.26. The number of aromatic nitrogens is 2. The first-order chi connectivity index (χ1) is 9.22. The summed E-state index contributed by atoms with van der Waals surface area (Å²) in [5.41, 5.74) is 0. The van der Waals surface area contributed by atoms with Crippen molar-refractivity contribution >= 4 is 11.8 Å². The highest BCUT2D eigenvalue weighted by molar-refractivity contribution is 5.73. The maximum Gasteiger partial charge on any atom is 0.320 e. The molecule has 1 unspecified atom stereocenters. The van der Waals surface area contributed by atoms with Crippen molar-refractivity contribution in [2.75, 3.05) is 31.1 Å². The van der Waals surface area contributed by atoms with Gasteiger partial charge in [0.05, 0.1) is 6.20 Å². The lowest BCUT2D eigenvalue weighted by Gasteiger charge is -2.38. The van der Waals surface area contributed by atoms with Crippen molar-refractivity contribution in [1.29, 1.82) is 0 Å². The zero-order valence-electron chi connectivity index (χ0n) is 11.2. The number of anilines is 1. The van der Waals surface area contributed by atoms with Gasteiger partial charge in [0.25, 0.3) is 0 Å². The minimum absolute atomic E-state index is 0.353. The van der Waals surface area contributed by atoms with Crippen LogP contribution in [0.1, 0.15) is 19.8 Å². The normalized spacial score (nSPS) is 18.3.